The number of nitrogens with zero attached hydrogens (tertiary/aromatic N) is 1. The molecule has 2 aromatic carbocycles. The van der Waals surface area contributed by atoms with Gasteiger partial charge in [0.25, 0.3) is 5.91 Å². The molecule has 2 aromatic rings. The maximum absolute atomic E-state index is 12.2. The molecule has 0 atom stereocenters. The van der Waals surface area contributed by atoms with Crippen LogP contribution in [0.1, 0.15) is 21.5 Å². The van der Waals surface area contributed by atoms with Gasteiger partial charge >= 0.3 is 0 Å². The lowest BCUT2D eigenvalue weighted by molar-refractivity contribution is 0.102. The fourth-order valence-corrected chi connectivity index (χ4v) is 2.07. The Kier molecular flexibility index (Phi) is 4.06. The maximum Gasteiger partial charge on any atom is 0.255 e. The van der Waals surface area contributed by atoms with Gasteiger partial charge in [0, 0.05) is 21.4 Å². The van der Waals surface area contributed by atoms with Crippen LogP contribution in [-0.2, 0) is 0 Å². The molecule has 20 heavy (non-hydrogen) atoms. The standard InChI is InChI=1S/C15H12BrN3O/c1-9-2-3-10(8-17)6-14(9)19-15(20)11-4-5-13(18)12(16)7-11/h2-7H,18H2,1H3,(H,19,20). The zero-order chi connectivity index (χ0) is 14.7. The van der Waals surface area contributed by atoms with Crippen molar-refractivity contribution in [3.8, 4) is 6.07 Å². The number of halogens is 1. The fraction of sp³-hybridized carbons (Fsp3) is 0.0667. The predicted octanol–water partition coefficient (Wildman–Crippen LogP) is 3.46. The number of nitrogens with two attached hydrogens (primary N) is 1. The number of anilines is 2. The largest absolute Gasteiger partial charge is 0.398 e. The Morgan fingerprint density at radius 3 is 2.70 bits per heavy atom. The van der Waals surface area contributed by atoms with Crippen molar-refractivity contribution in [2.45, 2.75) is 6.92 Å². The molecule has 0 bridgehead atoms. The lowest BCUT2D eigenvalue weighted by Gasteiger charge is -2.09. The highest BCUT2D eigenvalue weighted by atomic mass is 79.9. The Bertz CT molecular complexity index is 720. The average Bonchev–Trinajstić information content (AvgIpc) is 2.44. The third kappa shape index (κ3) is 2.98. The maximum atomic E-state index is 12.2. The smallest absolute Gasteiger partial charge is 0.255 e. The van der Waals surface area contributed by atoms with Crippen LogP contribution >= 0.6 is 15.9 Å². The van der Waals surface area contributed by atoms with E-state index in [0.717, 1.165) is 5.56 Å². The molecule has 0 saturated heterocycles. The second kappa shape index (κ2) is 5.76. The van der Waals surface area contributed by atoms with E-state index < -0.39 is 0 Å². The molecule has 2 rings (SSSR count). The van der Waals surface area contributed by atoms with Crippen molar-refractivity contribution in [1.29, 1.82) is 5.26 Å². The van der Waals surface area contributed by atoms with Crippen LogP contribution in [0.25, 0.3) is 0 Å². The summed E-state index contributed by atoms with van der Waals surface area (Å²) in [5, 5.41) is 11.7. The average molecular weight is 330 g/mol. The number of nitrogens with one attached hydrogen (secondary N) is 1. The first-order valence-corrected chi connectivity index (χ1v) is 6.67. The number of carbonyl (C=O) groups excluding carboxylic acids is 1. The predicted molar refractivity (Wildman–Crippen MR) is 82.4 cm³/mol. The monoisotopic (exact) mass is 329 g/mol. The van der Waals surface area contributed by atoms with Crippen molar-refractivity contribution in [3.05, 3.63) is 57.6 Å². The van der Waals surface area contributed by atoms with Crippen LogP contribution in [0.5, 0.6) is 0 Å². The van der Waals surface area contributed by atoms with Crippen molar-refractivity contribution < 1.29 is 4.79 Å². The molecule has 0 heterocycles. The van der Waals surface area contributed by atoms with E-state index in [1.807, 2.05) is 13.0 Å². The molecule has 1 amide bonds. The number of hydrogen-bond acceptors (Lipinski definition) is 3. The second-order valence-electron chi connectivity index (χ2n) is 4.33. The lowest BCUT2D eigenvalue weighted by atomic mass is 10.1. The van der Waals surface area contributed by atoms with Crippen LogP contribution in [-0.4, -0.2) is 5.91 Å². The van der Waals surface area contributed by atoms with Crippen LogP contribution < -0.4 is 11.1 Å². The Morgan fingerprint density at radius 2 is 2.05 bits per heavy atom. The number of benzene rings is 2. The van der Waals surface area contributed by atoms with Gasteiger partial charge in [-0.25, -0.2) is 0 Å². The summed E-state index contributed by atoms with van der Waals surface area (Å²) < 4.78 is 0.674. The third-order valence-corrected chi connectivity index (χ3v) is 3.56. The van der Waals surface area contributed by atoms with Gasteiger partial charge in [-0.3, -0.25) is 4.79 Å². The van der Waals surface area contributed by atoms with E-state index in [1.54, 1.807) is 36.4 Å². The van der Waals surface area contributed by atoms with E-state index in [1.165, 1.54) is 0 Å². The number of carbonyl (C=O) groups is 1. The van der Waals surface area contributed by atoms with Gasteiger partial charge in [0.1, 0.15) is 0 Å². The summed E-state index contributed by atoms with van der Waals surface area (Å²) in [6.07, 6.45) is 0. The molecule has 0 radical (unpaired) electrons. The van der Waals surface area contributed by atoms with Crippen LogP contribution in [0.4, 0.5) is 11.4 Å². The molecule has 0 unspecified atom stereocenters. The molecule has 4 nitrogen and oxygen atoms in total. The number of nitriles is 1. The highest BCUT2D eigenvalue weighted by Gasteiger charge is 2.09. The van der Waals surface area contributed by atoms with E-state index in [9.17, 15) is 4.79 Å². The summed E-state index contributed by atoms with van der Waals surface area (Å²) in [4.78, 5) is 12.2. The molecule has 0 spiro atoms. The first-order chi connectivity index (χ1) is 9.51. The fourth-order valence-electron chi connectivity index (χ4n) is 1.69. The van der Waals surface area contributed by atoms with Crippen molar-refractivity contribution >= 4 is 33.2 Å². The molecule has 0 saturated carbocycles. The molecule has 0 aliphatic heterocycles. The van der Waals surface area contributed by atoms with Crippen LogP contribution in [0.3, 0.4) is 0 Å². The van der Waals surface area contributed by atoms with E-state index in [-0.39, 0.29) is 5.91 Å². The number of nitrogen functional groups attached to an aromatic ring is 1. The Hall–Kier alpha value is -2.32. The van der Waals surface area contributed by atoms with Gasteiger partial charge in [-0.1, -0.05) is 6.07 Å². The summed E-state index contributed by atoms with van der Waals surface area (Å²) >= 11 is 3.29. The number of aryl methyl sites for hydroxylation is 1. The summed E-state index contributed by atoms with van der Waals surface area (Å²) in [6.45, 7) is 1.87. The van der Waals surface area contributed by atoms with Crippen molar-refractivity contribution in [2.24, 2.45) is 0 Å². The Balaban J connectivity index is 2.28. The van der Waals surface area contributed by atoms with Crippen molar-refractivity contribution in [1.82, 2.24) is 0 Å². The number of rotatable bonds is 2. The normalized spacial score (nSPS) is 9.85. The van der Waals surface area contributed by atoms with Crippen LogP contribution in [0.15, 0.2) is 40.9 Å². The Labute approximate surface area is 125 Å². The Morgan fingerprint density at radius 1 is 1.30 bits per heavy atom. The highest BCUT2D eigenvalue weighted by Crippen LogP contribution is 2.22. The molecule has 0 fully saturated rings. The summed E-state index contributed by atoms with van der Waals surface area (Å²) in [5.74, 6) is -0.246. The minimum atomic E-state index is -0.246. The van der Waals surface area contributed by atoms with Crippen LogP contribution in [0.2, 0.25) is 0 Å². The molecular weight excluding hydrogens is 318 g/mol. The van der Waals surface area contributed by atoms with E-state index in [4.69, 9.17) is 11.0 Å². The second-order valence-corrected chi connectivity index (χ2v) is 5.19. The molecule has 5 heteroatoms. The summed E-state index contributed by atoms with van der Waals surface area (Å²) in [5.41, 5.74) is 8.78. The molecule has 100 valence electrons. The zero-order valence-electron chi connectivity index (χ0n) is 10.8. The van der Waals surface area contributed by atoms with Gasteiger partial charge < -0.3 is 11.1 Å². The topological polar surface area (TPSA) is 78.9 Å². The molecule has 0 aliphatic carbocycles. The molecular formula is C15H12BrN3O. The SMILES string of the molecule is Cc1ccc(C#N)cc1NC(=O)c1ccc(N)c(Br)c1. The highest BCUT2D eigenvalue weighted by molar-refractivity contribution is 9.10. The number of hydrogen-bond donors (Lipinski definition) is 2. The van der Waals surface area contributed by atoms with E-state index in [2.05, 4.69) is 21.2 Å². The summed E-state index contributed by atoms with van der Waals surface area (Å²) in [6, 6.07) is 12.2. The zero-order valence-corrected chi connectivity index (χ0v) is 12.4. The third-order valence-electron chi connectivity index (χ3n) is 2.88. The van der Waals surface area contributed by atoms with Gasteiger partial charge in [0.2, 0.25) is 0 Å². The molecule has 0 aliphatic rings. The minimum absolute atomic E-state index is 0.246. The van der Waals surface area contributed by atoms with Gasteiger partial charge in [0.15, 0.2) is 0 Å². The van der Waals surface area contributed by atoms with Gasteiger partial charge in [0.05, 0.1) is 11.6 Å². The van der Waals surface area contributed by atoms with Gasteiger partial charge in [-0.05, 0) is 58.7 Å². The minimum Gasteiger partial charge on any atom is -0.398 e. The van der Waals surface area contributed by atoms with Crippen molar-refractivity contribution in [3.63, 3.8) is 0 Å². The van der Waals surface area contributed by atoms with Crippen LogP contribution in [0, 0.1) is 18.3 Å². The van der Waals surface area contributed by atoms with Gasteiger partial charge in [-0.15, -0.1) is 0 Å². The quantitative estimate of drug-likeness (QED) is 0.828. The first kappa shape index (κ1) is 14.1. The first-order valence-electron chi connectivity index (χ1n) is 5.88. The molecule has 3 N–H and O–H groups in total. The van der Waals surface area contributed by atoms with Crippen molar-refractivity contribution in [2.75, 3.05) is 11.1 Å². The van der Waals surface area contributed by atoms with E-state index in [0.29, 0.717) is 27.0 Å². The number of amides is 1. The summed E-state index contributed by atoms with van der Waals surface area (Å²) in [7, 11) is 0. The van der Waals surface area contributed by atoms with E-state index >= 15 is 0 Å². The lowest BCUT2D eigenvalue weighted by Crippen LogP contribution is -2.13. The van der Waals surface area contributed by atoms with Gasteiger partial charge in [-0.2, -0.15) is 5.26 Å². The molecule has 0 aromatic heterocycles.